The number of aromatic hydroxyl groups is 4. The Hall–Kier alpha value is -8.10. The third-order valence-electron chi connectivity index (χ3n) is 13.3. The quantitative estimate of drug-likeness (QED) is 0.0155. The van der Waals surface area contributed by atoms with Gasteiger partial charge in [0.05, 0.1) is 7.11 Å². The molecule has 3 fully saturated rings. The van der Waals surface area contributed by atoms with Crippen molar-refractivity contribution in [1.82, 2.24) is 0 Å². The fourth-order valence-corrected chi connectivity index (χ4v) is 8.83. The molecule has 0 amide bonds. The van der Waals surface area contributed by atoms with Crippen LogP contribution in [0.25, 0.3) is 17.9 Å². The van der Waals surface area contributed by atoms with Gasteiger partial charge in [0.1, 0.15) is 121 Å². The highest BCUT2D eigenvalue weighted by molar-refractivity contribution is 5.90. The molecule has 28 heteroatoms. The van der Waals surface area contributed by atoms with Gasteiger partial charge in [0, 0.05) is 46.6 Å². The van der Waals surface area contributed by atoms with Crippen molar-refractivity contribution in [3.8, 4) is 40.2 Å². The lowest BCUT2D eigenvalue weighted by molar-refractivity contribution is -0.363. The predicted octanol–water partition coefficient (Wildman–Crippen LogP) is -1.64. The van der Waals surface area contributed by atoms with Crippen LogP contribution in [0.5, 0.6) is 40.2 Å². The molecule has 4 aromatic rings. The molecule has 0 saturated carbocycles. The van der Waals surface area contributed by atoms with E-state index >= 15 is 0 Å². The van der Waals surface area contributed by atoms with Gasteiger partial charge < -0.3 is 118 Å². The zero-order valence-electron chi connectivity index (χ0n) is 43.5. The van der Waals surface area contributed by atoms with Crippen LogP contribution < -0.4 is 14.2 Å². The summed E-state index contributed by atoms with van der Waals surface area (Å²) in [4.78, 5) is 49.1. The fourth-order valence-electron chi connectivity index (χ4n) is 8.83. The van der Waals surface area contributed by atoms with Crippen LogP contribution in [0.15, 0.2) is 96.8 Å². The lowest BCUT2D eigenvalue weighted by Crippen LogP contribution is -2.64. The summed E-state index contributed by atoms with van der Waals surface area (Å²) in [5, 5.41) is 137. The van der Waals surface area contributed by atoms with Gasteiger partial charge in [0.15, 0.2) is 29.7 Å². The van der Waals surface area contributed by atoms with E-state index in [1.165, 1.54) is 86.0 Å². The Kier molecular flexibility index (Phi) is 19.7. The molecule has 14 N–H and O–H groups in total. The summed E-state index contributed by atoms with van der Waals surface area (Å²) < 4.78 is 63.3. The number of benzene rings is 4. The first kappa shape index (κ1) is 61.0. The molecule has 4 heterocycles. The van der Waals surface area contributed by atoms with Crippen molar-refractivity contribution >= 4 is 41.8 Å². The van der Waals surface area contributed by atoms with E-state index in [0.717, 1.165) is 24.3 Å². The molecule has 83 heavy (non-hydrogen) atoms. The molecule has 0 radical (unpaired) electrons. The van der Waals surface area contributed by atoms with E-state index in [1.54, 1.807) is 0 Å². The van der Waals surface area contributed by atoms with E-state index in [2.05, 4.69) is 0 Å². The van der Waals surface area contributed by atoms with Gasteiger partial charge in [0.2, 0.25) is 19.0 Å². The third-order valence-corrected chi connectivity index (χ3v) is 13.3. The summed E-state index contributed by atoms with van der Waals surface area (Å²) in [6.07, 6.45) is -25.8. The van der Waals surface area contributed by atoms with Crippen LogP contribution in [0, 0.1) is 0 Å². The average molecular weight is 1170 g/mol. The van der Waals surface area contributed by atoms with Crippen LogP contribution in [-0.2, 0) is 63.5 Å². The largest absolute Gasteiger partial charge is 0.564 e. The van der Waals surface area contributed by atoms with Gasteiger partial charge in [-0.2, -0.15) is 0 Å². The monoisotopic (exact) mass is 1170 g/mol. The molecule has 4 aliphatic heterocycles. The Morgan fingerprint density at radius 3 is 1.70 bits per heavy atom. The van der Waals surface area contributed by atoms with Gasteiger partial charge in [-0.05, 0) is 71.8 Å². The first-order valence-electron chi connectivity index (χ1n) is 25.3. The number of carbonyl (C=O) groups is 4. The minimum Gasteiger partial charge on any atom is -0.564 e. The Labute approximate surface area is 469 Å². The molecule has 0 aromatic heterocycles. The molecule has 4 aromatic carbocycles. The SMILES string of the molecule is COc1cc(/C=C/C(=O)OC[C@H]2O[C@@H](OC3=C(c4ccc(O)cc4)Oc4cc(O)cc(O[C@@H]5O[C@H](COC(=O)CC(=O)[OH2+])[C@@H](O)[C@H](O)[C@H]5O)c4C3)[C@H](O[C@@H]3O[C@H](COC(=O)/C=C/c4ccc(O)cc4)[C@@H](O)[C@H](O)[C@H]3O)[C@@H](O)[C@@H]2O)ccc1O. The Bertz CT molecular complexity index is 3030. The number of hydrogen-bond acceptors (Lipinski definition) is 27. The number of carbonyl (C=O) groups excluding carboxylic acids is 4. The van der Waals surface area contributed by atoms with Crippen molar-refractivity contribution in [2.75, 3.05) is 26.9 Å². The highest BCUT2D eigenvalue weighted by Gasteiger charge is 2.53. The number of phenolic OH excluding ortho intramolecular Hbond substituents is 4. The normalized spacial score (nSPS) is 28.9. The lowest BCUT2D eigenvalue weighted by atomic mass is 9.97. The molecule has 0 aliphatic carbocycles. The van der Waals surface area contributed by atoms with E-state index < -0.39 is 154 Å². The number of aliphatic hydroxyl groups excluding tert-OH is 8. The topological polar surface area (TPSA) is 435 Å². The zero-order valence-corrected chi connectivity index (χ0v) is 43.5. The average Bonchev–Trinajstić information content (AvgIpc) is 3.13. The number of ether oxygens (including phenoxy) is 11. The van der Waals surface area contributed by atoms with Gasteiger partial charge in [-0.1, -0.05) is 18.2 Å². The van der Waals surface area contributed by atoms with Crippen molar-refractivity contribution in [2.24, 2.45) is 0 Å². The smallest absolute Gasteiger partial charge is 0.527 e. The van der Waals surface area contributed by atoms with E-state index in [1.807, 2.05) is 0 Å². The van der Waals surface area contributed by atoms with Crippen LogP contribution in [0.3, 0.4) is 0 Å². The third kappa shape index (κ3) is 14.9. The van der Waals surface area contributed by atoms with Crippen LogP contribution >= 0.6 is 0 Å². The molecular formula is C55H59O28+. The van der Waals surface area contributed by atoms with Gasteiger partial charge in [-0.15, -0.1) is 0 Å². The Morgan fingerprint density at radius 2 is 1.10 bits per heavy atom. The number of esters is 3. The summed E-state index contributed by atoms with van der Waals surface area (Å²) in [6, 6.07) is 17.5. The number of methoxy groups -OCH3 is 1. The van der Waals surface area contributed by atoms with E-state index in [-0.39, 0.29) is 57.1 Å². The molecule has 28 nitrogen and oxygen atoms in total. The second-order valence-electron chi connectivity index (χ2n) is 19.1. The maximum Gasteiger partial charge on any atom is 0.527 e. The molecule has 446 valence electrons. The summed E-state index contributed by atoms with van der Waals surface area (Å²) in [5.41, 5.74) is 1.08. The van der Waals surface area contributed by atoms with Crippen molar-refractivity contribution in [1.29, 1.82) is 0 Å². The summed E-state index contributed by atoms with van der Waals surface area (Å²) in [7, 11) is 1.32. The first-order valence-corrected chi connectivity index (χ1v) is 25.3. The second kappa shape index (κ2) is 26.9. The molecule has 15 atom stereocenters. The Balaban J connectivity index is 1.09. The van der Waals surface area contributed by atoms with Crippen LogP contribution in [-0.4, -0.2) is 209 Å². The lowest BCUT2D eigenvalue weighted by Gasteiger charge is -2.46. The zero-order chi connectivity index (χ0) is 59.8. The Morgan fingerprint density at radius 1 is 0.566 bits per heavy atom. The summed E-state index contributed by atoms with van der Waals surface area (Å²) in [6.45, 7) is -2.32. The highest BCUT2D eigenvalue weighted by atomic mass is 16.8. The molecular weight excluding hydrogens is 1110 g/mol. The number of hydrogen-bond donors (Lipinski definition) is 12. The fraction of sp³-hybridized carbons (Fsp3) is 0.382. The van der Waals surface area contributed by atoms with Crippen molar-refractivity contribution in [3.63, 3.8) is 0 Å². The second-order valence-corrected chi connectivity index (χ2v) is 19.1. The molecule has 0 bridgehead atoms. The molecule has 3 saturated heterocycles. The van der Waals surface area contributed by atoms with Gasteiger partial charge in [-0.3, -0.25) is 4.79 Å². The number of aliphatic hydroxyl groups is 8. The van der Waals surface area contributed by atoms with Crippen molar-refractivity contribution in [3.05, 3.63) is 119 Å². The molecule has 0 unspecified atom stereocenters. The number of allylic oxidation sites excluding steroid dienone is 1. The van der Waals surface area contributed by atoms with E-state index in [9.17, 15) is 80.5 Å². The van der Waals surface area contributed by atoms with Gasteiger partial charge in [0.25, 0.3) is 0 Å². The summed E-state index contributed by atoms with van der Waals surface area (Å²) >= 11 is 0. The first-order chi connectivity index (χ1) is 39.6. The van der Waals surface area contributed by atoms with Crippen LogP contribution in [0.4, 0.5) is 0 Å². The van der Waals surface area contributed by atoms with Crippen molar-refractivity contribution in [2.45, 2.75) is 105 Å². The minimum atomic E-state index is -2.14. The standard InChI is InChI=1S/C55H58O28/c1-73-34-16-25(4-13-31(34)59)6-15-41(63)75-22-38-45(67)48(70)52(83-54-50(72)47(69)43(65)36(81-54)21-74-40(62)14-5-24-2-9-27(56)10-3-24)55(82-38)79-35-19-30-32(77-51(35)26-7-11-28(57)12-8-26)17-29(58)18-33(30)78-53-49(71)46(68)44(66)37(80-53)23-76-42(64)20-39(60)61/h2-18,36-38,43-50,52-59,65-72H,19-23H2,1H3,(H,60,61)/p+1/b14-5+,15-6+/t36-,37-,38-,43-,44-,45-,46+,47+,48+,49-,50-,52-,53-,54+,55-/m1/s1. The van der Waals surface area contributed by atoms with Gasteiger partial charge in [-0.25, -0.2) is 9.59 Å². The molecule has 0 spiro atoms. The van der Waals surface area contributed by atoms with Crippen LogP contribution in [0.1, 0.15) is 28.7 Å². The number of fused-ring (bicyclic) bond motifs is 1. The van der Waals surface area contributed by atoms with Crippen molar-refractivity contribution < 1.29 is 138 Å². The summed E-state index contributed by atoms with van der Waals surface area (Å²) in [5.74, 6) is -6.05. The van der Waals surface area contributed by atoms with Crippen LogP contribution in [0.2, 0.25) is 0 Å². The predicted molar refractivity (Wildman–Crippen MR) is 275 cm³/mol. The van der Waals surface area contributed by atoms with E-state index in [0.29, 0.717) is 11.1 Å². The van der Waals surface area contributed by atoms with E-state index in [4.69, 9.17) is 57.2 Å². The van der Waals surface area contributed by atoms with Gasteiger partial charge >= 0.3 is 23.9 Å². The molecule has 4 aliphatic rings. The maximum atomic E-state index is 13.1. The number of phenols is 4. The minimum absolute atomic E-state index is 0.00972. The maximum absolute atomic E-state index is 13.1. The molecule has 8 rings (SSSR count). The highest BCUT2D eigenvalue weighted by Crippen LogP contribution is 2.45. The number of rotatable bonds is 20.